The van der Waals surface area contributed by atoms with E-state index in [1.807, 2.05) is 43.0 Å². The van der Waals surface area contributed by atoms with Gasteiger partial charge in [-0.15, -0.1) is 0 Å². The van der Waals surface area contributed by atoms with Gasteiger partial charge in [0.25, 0.3) is 5.56 Å². The van der Waals surface area contributed by atoms with E-state index in [4.69, 9.17) is 5.84 Å². The van der Waals surface area contributed by atoms with E-state index in [1.165, 1.54) is 4.90 Å². The van der Waals surface area contributed by atoms with Gasteiger partial charge in [-0.1, -0.05) is 18.2 Å². The van der Waals surface area contributed by atoms with Crippen LogP contribution in [0.2, 0.25) is 0 Å². The van der Waals surface area contributed by atoms with Crippen molar-refractivity contribution in [3.8, 4) is 0 Å². The first kappa shape index (κ1) is 25.8. The first-order valence-electron chi connectivity index (χ1n) is 11.7. The topological polar surface area (TPSA) is 90.0 Å². The van der Waals surface area contributed by atoms with Gasteiger partial charge < -0.3 is 10.2 Å². The van der Waals surface area contributed by atoms with E-state index < -0.39 is 12.7 Å². The molecule has 4 rings (SSSR count). The summed E-state index contributed by atoms with van der Waals surface area (Å²) < 4.78 is 40.0. The Bertz CT molecular complexity index is 1300. The number of rotatable bonds is 6. The number of aromatic nitrogens is 1. The number of nitrogens with zero attached hydrogens (tertiary/aromatic N) is 4. The van der Waals surface area contributed by atoms with E-state index in [1.54, 1.807) is 29.8 Å². The normalized spacial score (nSPS) is 15.8. The van der Waals surface area contributed by atoms with Crippen LogP contribution in [0, 0.1) is 6.92 Å². The number of fused-ring (bicyclic) bond motifs is 1. The number of benzene rings is 2. The lowest BCUT2D eigenvalue weighted by Crippen LogP contribution is -2.50. The molecule has 3 aromatic rings. The standard InChI is InChI=1S/C25H31F3N6O2/c1-16-12-18(17(2)30-21-6-4-5-7-22(21)34(29)36)19-14-23(31(3)24(35)20(19)13-16)33-10-8-32(9-11-33)15-25(26,27)28/h4-7,12-14,17,30,36H,8-11,15,29H2,1-3H3. The summed E-state index contributed by atoms with van der Waals surface area (Å²) in [5.41, 5.74) is 2.66. The predicted octanol–water partition coefficient (Wildman–Crippen LogP) is 3.77. The molecule has 2 heterocycles. The van der Waals surface area contributed by atoms with Gasteiger partial charge in [-0.05, 0) is 54.6 Å². The summed E-state index contributed by atoms with van der Waals surface area (Å²) >= 11 is 0. The maximum atomic E-state index is 13.4. The zero-order valence-electron chi connectivity index (χ0n) is 20.5. The number of pyridine rings is 1. The summed E-state index contributed by atoms with van der Waals surface area (Å²) in [6, 6.07) is 12.6. The van der Waals surface area contributed by atoms with Crippen molar-refractivity contribution in [1.29, 1.82) is 0 Å². The van der Waals surface area contributed by atoms with Crippen LogP contribution in [0.1, 0.15) is 24.1 Å². The van der Waals surface area contributed by atoms with Gasteiger partial charge in [-0.3, -0.25) is 19.5 Å². The molecule has 1 fully saturated rings. The molecule has 1 unspecified atom stereocenters. The average Bonchev–Trinajstić information content (AvgIpc) is 2.81. The van der Waals surface area contributed by atoms with E-state index in [2.05, 4.69) is 5.32 Å². The highest BCUT2D eigenvalue weighted by atomic mass is 19.4. The lowest BCUT2D eigenvalue weighted by atomic mass is 9.97. The lowest BCUT2D eigenvalue weighted by molar-refractivity contribution is -0.146. The fourth-order valence-corrected chi connectivity index (χ4v) is 4.83. The molecule has 1 saturated heterocycles. The second kappa shape index (κ2) is 10.00. The largest absolute Gasteiger partial charge is 0.401 e. The monoisotopic (exact) mass is 504 g/mol. The van der Waals surface area contributed by atoms with Crippen LogP contribution in [-0.4, -0.2) is 53.6 Å². The van der Waals surface area contributed by atoms with Crippen molar-refractivity contribution >= 4 is 28.0 Å². The molecule has 8 nitrogen and oxygen atoms in total. The molecule has 0 radical (unpaired) electrons. The number of hydrogen-bond donors (Lipinski definition) is 3. The number of halogens is 3. The maximum Gasteiger partial charge on any atom is 0.401 e. The zero-order chi connectivity index (χ0) is 26.2. The Morgan fingerprint density at radius 3 is 2.42 bits per heavy atom. The molecule has 0 spiro atoms. The molecule has 4 N–H and O–H groups in total. The van der Waals surface area contributed by atoms with Gasteiger partial charge in [0.05, 0.1) is 12.2 Å². The van der Waals surface area contributed by atoms with E-state index in [0.717, 1.165) is 16.5 Å². The van der Waals surface area contributed by atoms with Crippen LogP contribution in [0.3, 0.4) is 0 Å². The summed E-state index contributed by atoms with van der Waals surface area (Å²) in [5.74, 6) is 6.23. The van der Waals surface area contributed by atoms with Gasteiger partial charge in [0.1, 0.15) is 11.5 Å². The lowest BCUT2D eigenvalue weighted by Gasteiger charge is -2.37. The Morgan fingerprint density at radius 2 is 1.78 bits per heavy atom. The highest BCUT2D eigenvalue weighted by Gasteiger charge is 2.32. The molecule has 1 aliphatic heterocycles. The maximum absolute atomic E-state index is 13.4. The van der Waals surface area contributed by atoms with Crippen LogP contribution < -0.4 is 26.8 Å². The van der Waals surface area contributed by atoms with Crippen molar-refractivity contribution in [2.45, 2.75) is 26.1 Å². The van der Waals surface area contributed by atoms with Crippen molar-refractivity contribution in [3.63, 3.8) is 0 Å². The number of nitrogens with two attached hydrogens (primary N) is 1. The van der Waals surface area contributed by atoms with Crippen LogP contribution in [0.25, 0.3) is 10.8 Å². The third-order valence-corrected chi connectivity index (χ3v) is 6.60. The average molecular weight is 505 g/mol. The number of para-hydroxylation sites is 2. The number of aryl methyl sites for hydroxylation is 1. The number of nitrogens with one attached hydrogen (secondary N) is 1. The molecular formula is C25H31F3N6O2. The molecule has 1 aromatic heterocycles. The zero-order valence-corrected chi connectivity index (χ0v) is 20.5. The molecule has 1 aliphatic rings. The minimum atomic E-state index is -4.23. The van der Waals surface area contributed by atoms with E-state index >= 15 is 0 Å². The summed E-state index contributed by atoms with van der Waals surface area (Å²) in [6.07, 6.45) is -4.23. The summed E-state index contributed by atoms with van der Waals surface area (Å²) in [4.78, 5) is 16.7. The predicted molar refractivity (Wildman–Crippen MR) is 136 cm³/mol. The minimum absolute atomic E-state index is 0.165. The third-order valence-electron chi connectivity index (χ3n) is 6.60. The molecule has 1 atom stereocenters. The molecule has 0 amide bonds. The Balaban J connectivity index is 1.70. The fourth-order valence-electron chi connectivity index (χ4n) is 4.83. The van der Waals surface area contributed by atoms with Crippen LogP contribution in [0.4, 0.5) is 30.4 Å². The van der Waals surface area contributed by atoms with Gasteiger partial charge >= 0.3 is 6.18 Å². The Labute approximate surface area is 207 Å². The van der Waals surface area contributed by atoms with Gasteiger partial charge in [-0.25, -0.2) is 5.84 Å². The minimum Gasteiger partial charge on any atom is -0.377 e. The van der Waals surface area contributed by atoms with E-state index in [9.17, 15) is 23.2 Å². The van der Waals surface area contributed by atoms with E-state index in [0.29, 0.717) is 40.8 Å². The van der Waals surface area contributed by atoms with Crippen molar-refractivity contribution in [2.24, 2.45) is 12.9 Å². The van der Waals surface area contributed by atoms with Crippen LogP contribution in [-0.2, 0) is 7.05 Å². The molecule has 0 bridgehead atoms. The first-order valence-corrected chi connectivity index (χ1v) is 11.7. The van der Waals surface area contributed by atoms with Gasteiger partial charge in [0.15, 0.2) is 0 Å². The number of alkyl halides is 3. The quantitative estimate of drug-likeness (QED) is 0.348. The van der Waals surface area contributed by atoms with E-state index in [-0.39, 0.29) is 24.7 Å². The smallest absolute Gasteiger partial charge is 0.377 e. The highest BCUT2D eigenvalue weighted by Crippen LogP contribution is 2.32. The molecule has 194 valence electrons. The Morgan fingerprint density at radius 1 is 1.11 bits per heavy atom. The highest BCUT2D eigenvalue weighted by molar-refractivity contribution is 5.89. The SMILES string of the molecule is Cc1cc(C(C)Nc2ccccc2N(N)O)c2cc(N3CCN(CC(F)(F)F)CC3)n(C)c(=O)c2c1. The second-order valence-corrected chi connectivity index (χ2v) is 9.29. The summed E-state index contributed by atoms with van der Waals surface area (Å²) in [6.45, 7) is 4.25. The summed E-state index contributed by atoms with van der Waals surface area (Å²) in [5, 5.41) is 15.0. The summed E-state index contributed by atoms with van der Waals surface area (Å²) in [7, 11) is 1.69. The van der Waals surface area contributed by atoms with Gasteiger partial charge in [0.2, 0.25) is 0 Å². The molecule has 0 aliphatic carbocycles. The number of hydrazine groups is 1. The fraction of sp³-hybridized carbons (Fsp3) is 0.400. The van der Waals surface area contributed by atoms with Crippen LogP contribution in [0.15, 0.2) is 47.3 Å². The first-order chi connectivity index (χ1) is 16.9. The van der Waals surface area contributed by atoms with Crippen LogP contribution >= 0.6 is 0 Å². The van der Waals surface area contributed by atoms with Crippen LogP contribution in [0.5, 0.6) is 0 Å². The van der Waals surface area contributed by atoms with Crippen molar-refractivity contribution in [1.82, 2.24) is 9.47 Å². The number of anilines is 3. The van der Waals surface area contributed by atoms with Gasteiger partial charge in [-0.2, -0.15) is 18.3 Å². The molecule has 2 aromatic carbocycles. The van der Waals surface area contributed by atoms with Crippen molar-refractivity contribution < 1.29 is 18.4 Å². The Kier molecular flexibility index (Phi) is 7.17. The second-order valence-electron chi connectivity index (χ2n) is 9.29. The molecule has 36 heavy (non-hydrogen) atoms. The number of piperazine rings is 1. The van der Waals surface area contributed by atoms with Crippen molar-refractivity contribution in [3.05, 3.63) is 63.9 Å². The molecule has 11 heteroatoms. The Hall–Kier alpha value is -3.28. The third kappa shape index (κ3) is 5.43. The molecule has 0 saturated carbocycles. The number of hydrogen-bond acceptors (Lipinski definition) is 7. The molecular weight excluding hydrogens is 473 g/mol. The van der Waals surface area contributed by atoms with Crippen molar-refractivity contribution in [2.75, 3.05) is 48.1 Å². The van der Waals surface area contributed by atoms with Gasteiger partial charge in [0, 0.05) is 44.7 Å².